The lowest BCUT2D eigenvalue weighted by atomic mass is 9.50. The summed E-state index contributed by atoms with van der Waals surface area (Å²) in [5, 5.41) is 0.841. The fourth-order valence-corrected chi connectivity index (χ4v) is 10.6. The highest BCUT2D eigenvalue weighted by molar-refractivity contribution is 6.30. The maximum Gasteiger partial charge on any atom is 0.123 e. The van der Waals surface area contributed by atoms with Gasteiger partial charge in [0.2, 0.25) is 0 Å². The van der Waals surface area contributed by atoms with Gasteiger partial charge < -0.3 is 4.74 Å². The van der Waals surface area contributed by atoms with Crippen molar-refractivity contribution >= 4 is 11.6 Å². The number of ether oxygens (including phenoxy) is 1. The zero-order valence-electron chi connectivity index (χ0n) is 24.8. The Labute approximate surface area is 252 Å². The van der Waals surface area contributed by atoms with E-state index in [1.54, 1.807) is 11.1 Å². The first-order valence-corrected chi connectivity index (χ1v) is 16.9. The Morgan fingerprint density at radius 3 is 2.68 bits per heavy atom. The average molecular weight is 565 g/mol. The minimum absolute atomic E-state index is 0.296. The van der Waals surface area contributed by atoms with Crippen molar-refractivity contribution in [3.05, 3.63) is 100 Å². The highest BCUT2D eigenvalue weighted by Crippen LogP contribution is 2.61. The van der Waals surface area contributed by atoms with Gasteiger partial charge >= 0.3 is 0 Å². The van der Waals surface area contributed by atoms with Crippen LogP contribution in [0.5, 0.6) is 5.75 Å². The summed E-state index contributed by atoms with van der Waals surface area (Å²) in [5.74, 6) is 6.64. The van der Waals surface area contributed by atoms with Crippen LogP contribution in [0.3, 0.4) is 0 Å². The zero-order valence-corrected chi connectivity index (χ0v) is 25.5. The maximum absolute atomic E-state index is 6.65. The monoisotopic (exact) mass is 564 g/mol. The van der Waals surface area contributed by atoms with Crippen molar-refractivity contribution in [3.63, 3.8) is 0 Å². The molecule has 9 atom stereocenters. The third kappa shape index (κ3) is 4.57. The Morgan fingerprint density at radius 1 is 0.951 bits per heavy atom. The number of rotatable bonds is 3. The highest BCUT2D eigenvalue weighted by Gasteiger charge is 2.52. The van der Waals surface area contributed by atoms with Crippen LogP contribution in [-0.4, -0.2) is 6.10 Å². The van der Waals surface area contributed by atoms with Crippen LogP contribution in [0.4, 0.5) is 0 Å². The molecule has 2 aromatic rings. The molecule has 214 valence electrons. The Kier molecular flexibility index (Phi) is 6.55. The number of benzene rings is 2. The molecule has 1 nitrogen and oxygen atoms in total. The average Bonchev–Trinajstić information content (AvgIpc) is 3.79. The molecule has 0 aromatic heterocycles. The lowest BCUT2D eigenvalue weighted by molar-refractivity contribution is 0.0267. The van der Waals surface area contributed by atoms with Gasteiger partial charge in [-0.1, -0.05) is 85.7 Å². The van der Waals surface area contributed by atoms with Crippen LogP contribution >= 0.6 is 11.6 Å². The van der Waals surface area contributed by atoms with Crippen molar-refractivity contribution in [1.29, 1.82) is 0 Å². The molecule has 41 heavy (non-hydrogen) atoms. The number of halogens is 1. The molecule has 0 saturated heterocycles. The third-order valence-corrected chi connectivity index (χ3v) is 12.7. The van der Waals surface area contributed by atoms with Crippen LogP contribution in [0.15, 0.2) is 84.0 Å². The number of allylic oxidation sites excluding steroid dienone is 6. The Balaban J connectivity index is 1.08. The van der Waals surface area contributed by atoms with Crippen LogP contribution in [-0.2, 0) is 0 Å². The van der Waals surface area contributed by atoms with Crippen LogP contribution in [0.25, 0.3) is 0 Å². The highest BCUT2D eigenvalue weighted by atomic mass is 35.5. The fourth-order valence-electron chi connectivity index (χ4n) is 10.4. The Bertz CT molecular complexity index is 1400. The van der Waals surface area contributed by atoms with Crippen molar-refractivity contribution in [1.82, 2.24) is 0 Å². The molecule has 1 aliphatic heterocycles. The van der Waals surface area contributed by atoms with Gasteiger partial charge in [0.1, 0.15) is 11.9 Å². The van der Waals surface area contributed by atoms with E-state index in [1.807, 2.05) is 11.6 Å². The minimum atomic E-state index is 0.296. The molecule has 9 unspecified atom stereocenters. The zero-order chi connectivity index (χ0) is 27.7. The predicted molar refractivity (Wildman–Crippen MR) is 169 cm³/mol. The van der Waals surface area contributed by atoms with E-state index in [0.29, 0.717) is 41.1 Å². The van der Waals surface area contributed by atoms with Gasteiger partial charge in [-0.3, -0.25) is 0 Å². The molecule has 5 aliphatic carbocycles. The summed E-state index contributed by atoms with van der Waals surface area (Å²) in [6.07, 6.45) is 22.1. The molecule has 0 amide bonds. The predicted octanol–water partition coefficient (Wildman–Crippen LogP) is 10.7. The summed E-state index contributed by atoms with van der Waals surface area (Å²) in [6, 6.07) is 17.8. The maximum atomic E-state index is 6.65. The molecule has 2 aromatic carbocycles. The summed E-state index contributed by atoms with van der Waals surface area (Å²) in [4.78, 5) is 0. The molecule has 2 saturated carbocycles. The molecule has 0 radical (unpaired) electrons. The first kappa shape index (κ1) is 26.4. The second-order valence-corrected chi connectivity index (χ2v) is 15.3. The van der Waals surface area contributed by atoms with Crippen LogP contribution in [0.2, 0.25) is 5.02 Å². The largest absolute Gasteiger partial charge is 0.490 e. The standard InChI is InChI=1S/C39H45ClO/c1-39(2)35-11-7-6-10-26(35)13-17-29(25-8-4-3-5-9-25)31-18-14-27-20-24(12-16-30(27)38(31)39)21-37-34-23-32(34)33-22-28(40)15-19-36(33)41-37/h3-9,14-15,18-19,22,24,26,29,31-32,34-35,37-38H,10-13,16-17,20-21,23H2,1-2H3. The first-order valence-electron chi connectivity index (χ1n) is 16.5. The van der Waals surface area contributed by atoms with Gasteiger partial charge in [-0.05, 0) is 140 Å². The molecule has 1 heterocycles. The summed E-state index contributed by atoms with van der Waals surface area (Å²) in [6.45, 7) is 5.30. The van der Waals surface area contributed by atoms with Gasteiger partial charge in [0, 0.05) is 10.9 Å². The van der Waals surface area contributed by atoms with E-state index in [0.717, 1.165) is 28.5 Å². The van der Waals surface area contributed by atoms with E-state index >= 15 is 0 Å². The molecule has 0 bridgehead atoms. The lowest BCUT2D eigenvalue weighted by Crippen LogP contribution is -2.46. The smallest absolute Gasteiger partial charge is 0.123 e. The summed E-state index contributed by atoms with van der Waals surface area (Å²) < 4.78 is 6.65. The van der Waals surface area contributed by atoms with E-state index < -0.39 is 0 Å². The molecule has 8 rings (SSSR count). The van der Waals surface area contributed by atoms with Gasteiger partial charge in [0.15, 0.2) is 0 Å². The molecular formula is C39H45ClO. The van der Waals surface area contributed by atoms with Gasteiger partial charge in [-0.15, -0.1) is 0 Å². The van der Waals surface area contributed by atoms with Crippen LogP contribution in [0.1, 0.15) is 94.6 Å². The Morgan fingerprint density at radius 2 is 1.80 bits per heavy atom. The molecular weight excluding hydrogens is 520 g/mol. The number of hydrogen-bond donors (Lipinski definition) is 0. The Hall–Kier alpha value is -2.25. The third-order valence-electron chi connectivity index (χ3n) is 12.4. The van der Waals surface area contributed by atoms with E-state index in [9.17, 15) is 0 Å². The molecule has 0 spiro atoms. The minimum Gasteiger partial charge on any atom is -0.490 e. The second-order valence-electron chi connectivity index (χ2n) is 14.9. The van der Waals surface area contributed by atoms with Crippen LogP contribution < -0.4 is 4.74 Å². The van der Waals surface area contributed by atoms with Crippen LogP contribution in [0, 0.1) is 40.9 Å². The van der Waals surface area contributed by atoms with E-state index in [2.05, 4.69) is 80.6 Å². The first-order chi connectivity index (χ1) is 20.0. The van der Waals surface area contributed by atoms with E-state index in [1.165, 1.54) is 63.4 Å². The summed E-state index contributed by atoms with van der Waals surface area (Å²) >= 11 is 6.32. The van der Waals surface area contributed by atoms with Gasteiger partial charge in [0.25, 0.3) is 0 Å². The molecule has 2 fully saturated rings. The number of fused-ring (bicyclic) bond motifs is 6. The second kappa shape index (κ2) is 10.2. The topological polar surface area (TPSA) is 9.23 Å². The van der Waals surface area contributed by atoms with Gasteiger partial charge in [-0.2, -0.15) is 0 Å². The van der Waals surface area contributed by atoms with E-state index in [-0.39, 0.29) is 0 Å². The molecule has 0 N–H and O–H groups in total. The summed E-state index contributed by atoms with van der Waals surface area (Å²) in [5.41, 5.74) is 6.71. The fraction of sp³-hybridized carbons (Fsp3) is 0.538. The van der Waals surface area contributed by atoms with Gasteiger partial charge in [0.05, 0.1) is 0 Å². The van der Waals surface area contributed by atoms with Crippen molar-refractivity contribution in [2.45, 2.75) is 89.6 Å². The van der Waals surface area contributed by atoms with Crippen molar-refractivity contribution in [3.8, 4) is 5.75 Å². The molecule has 2 heteroatoms. The van der Waals surface area contributed by atoms with Crippen molar-refractivity contribution in [2.24, 2.45) is 40.9 Å². The quantitative estimate of drug-likeness (QED) is 0.337. The summed E-state index contributed by atoms with van der Waals surface area (Å²) in [7, 11) is 0. The van der Waals surface area contributed by atoms with Crippen molar-refractivity contribution < 1.29 is 4.74 Å². The lowest BCUT2D eigenvalue weighted by Gasteiger charge is -2.54. The van der Waals surface area contributed by atoms with Gasteiger partial charge in [-0.25, -0.2) is 0 Å². The number of hydrogen-bond acceptors (Lipinski definition) is 1. The SMILES string of the molecule is CC1(C)C2CC=CCC2CCC(c2ccccc2)C2C=CC3=C(CCC(CC4Oc5ccc(Cl)cc5C5CC45)C3)C21. The van der Waals surface area contributed by atoms with Crippen molar-refractivity contribution in [2.75, 3.05) is 0 Å². The van der Waals surface area contributed by atoms with E-state index in [4.69, 9.17) is 16.3 Å². The normalized spacial score (nSPS) is 38.3. The molecule has 6 aliphatic rings.